The molecule has 0 N–H and O–H groups in total. The molecule has 0 aromatic heterocycles. The van der Waals surface area contributed by atoms with Gasteiger partial charge in [-0.15, -0.1) is 0 Å². The van der Waals surface area contributed by atoms with Crippen LogP contribution >= 0.6 is 0 Å². The summed E-state index contributed by atoms with van der Waals surface area (Å²) >= 11 is 0. The van der Waals surface area contributed by atoms with Crippen molar-refractivity contribution in [3.63, 3.8) is 0 Å². The SMILES string of the molecule is CN(C)[Si](N=[N+]=[N-])(N(C)C)N(C)C. The first-order valence-corrected chi connectivity index (χ1v) is 5.77. The maximum absolute atomic E-state index is 8.56. The Morgan fingerprint density at radius 1 is 0.923 bits per heavy atom. The van der Waals surface area contributed by atoms with Crippen molar-refractivity contribution in [3.05, 3.63) is 10.4 Å². The molecule has 6 nitrogen and oxygen atoms in total. The molecule has 0 atom stereocenters. The molecule has 0 spiro atoms. The van der Waals surface area contributed by atoms with Crippen LogP contribution in [-0.4, -0.2) is 64.7 Å². The second kappa shape index (κ2) is 4.59. The third kappa shape index (κ3) is 2.20. The van der Waals surface area contributed by atoms with Gasteiger partial charge in [-0.1, -0.05) is 4.78 Å². The van der Waals surface area contributed by atoms with E-state index in [1.807, 2.05) is 56.0 Å². The van der Waals surface area contributed by atoms with Crippen molar-refractivity contribution in [2.75, 3.05) is 42.3 Å². The molecule has 0 aromatic carbocycles. The van der Waals surface area contributed by atoms with Gasteiger partial charge in [0, 0.05) is 4.91 Å². The van der Waals surface area contributed by atoms with E-state index in [9.17, 15) is 0 Å². The van der Waals surface area contributed by atoms with Crippen LogP contribution in [0.3, 0.4) is 0 Å². The minimum atomic E-state index is -2.32. The molecule has 0 amide bonds. The number of rotatable bonds is 4. The predicted octanol–water partition coefficient (Wildman–Crippen LogP) is 0.417. The molecule has 0 heterocycles. The zero-order chi connectivity index (χ0) is 10.6. The summed E-state index contributed by atoms with van der Waals surface area (Å²) in [5, 5.41) is 0. The van der Waals surface area contributed by atoms with E-state index >= 15 is 0 Å². The fourth-order valence-corrected chi connectivity index (χ4v) is 4.58. The van der Waals surface area contributed by atoms with Crippen LogP contribution in [0.15, 0.2) is 4.78 Å². The molecule has 0 bridgehead atoms. The zero-order valence-corrected chi connectivity index (χ0v) is 10.2. The highest BCUT2D eigenvalue weighted by molar-refractivity contribution is 6.69. The van der Waals surface area contributed by atoms with E-state index in [1.165, 1.54) is 0 Å². The van der Waals surface area contributed by atoms with Crippen LogP contribution in [-0.2, 0) is 0 Å². The standard InChI is InChI=1S/C6H18N6Si/c1-10(2)13(9-8-7,11(3)4)12(5)6/h1-6H3. The molecule has 0 aliphatic rings. The van der Waals surface area contributed by atoms with Gasteiger partial charge in [0.1, 0.15) is 0 Å². The van der Waals surface area contributed by atoms with Crippen LogP contribution in [0.4, 0.5) is 0 Å². The highest BCUT2D eigenvalue weighted by Crippen LogP contribution is 2.13. The average molecular weight is 202 g/mol. The van der Waals surface area contributed by atoms with Crippen LogP contribution < -0.4 is 0 Å². The Morgan fingerprint density at radius 2 is 1.23 bits per heavy atom. The molecule has 0 saturated carbocycles. The zero-order valence-electron chi connectivity index (χ0n) is 9.18. The van der Waals surface area contributed by atoms with E-state index in [-0.39, 0.29) is 0 Å². The van der Waals surface area contributed by atoms with Crippen molar-refractivity contribution in [1.82, 2.24) is 13.7 Å². The predicted molar refractivity (Wildman–Crippen MR) is 56.0 cm³/mol. The Balaban J connectivity index is 5.17. The van der Waals surface area contributed by atoms with Crippen molar-refractivity contribution in [3.8, 4) is 0 Å². The van der Waals surface area contributed by atoms with E-state index < -0.39 is 8.72 Å². The maximum atomic E-state index is 8.56. The molecule has 0 aliphatic heterocycles. The fraction of sp³-hybridized carbons (Fsp3) is 1.00. The molecule has 13 heavy (non-hydrogen) atoms. The van der Waals surface area contributed by atoms with Gasteiger partial charge in [-0.2, -0.15) is 0 Å². The van der Waals surface area contributed by atoms with Crippen LogP contribution in [0.25, 0.3) is 10.4 Å². The number of hydrogen-bond donors (Lipinski definition) is 0. The molecule has 7 heteroatoms. The second-order valence-corrected chi connectivity index (χ2v) is 7.56. The summed E-state index contributed by atoms with van der Waals surface area (Å²) in [5.74, 6) is 0. The first-order chi connectivity index (χ1) is 5.89. The van der Waals surface area contributed by atoms with Gasteiger partial charge in [-0.25, -0.2) is 0 Å². The van der Waals surface area contributed by atoms with Crippen LogP contribution in [0.1, 0.15) is 0 Å². The summed E-state index contributed by atoms with van der Waals surface area (Å²) in [6, 6.07) is 0. The normalized spacial score (nSPS) is 12.4. The lowest BCUT2D eigenvalue weighted by atomic mass is 11.2. The summed E-state index contributed by atoms with van der Waals surface area (Å²) in [5.41, 5.74) is 8.56. The molecule has 0 radical (unpaired) electrons. The fourth-order valence-electron chi connectivity index (χ4n) is 1.53. The lowest BCUT2D eigenvalue weighted by Crippen LogP contribution is -2.68. The molecule has 0 fully saturated rings. The lowest BCUT2D eigenvalue weighted by Gasteiger charge is -2.42. The summed E-state index contributed by atoms with van der Waals surface area (Å²) in [6.07, 6.45) is 0. The van der Waals surface area contributed by atoms with Crippen molar-refractivity contribution in [2.45, 2.75) is 0 Å². The molecule has 0 saturated heterocycles. The van der Waals surface area contributed by atoms with Crippen molar-refractivity contribution in [2.24, 2.45) is 4.78 Å². The van der Waals surface area contributed by atoms with Crippen LogP contribution in [0, 0.1) is 0 Å². The summed E-state index contributed by atoms with van der Waals surface area (Å²) in [7, 11) is 9.27. The van der Waals surface area contributed by atoms with Gasteiger partial charge in [-0.05, 0) is 47.8 Å². The molecular weight excluding hydrogens is 184 g/mol. The van der Waals surface area contributed by atoms with Gasteiger partial charge in [0.25, 0.3) is 0 Å². The topological polar surface area (TPSA) is 58.5 Å². The van der Waals surface area contributed by atoms with Crippen molar-refractivity contribution < 1.29 is 0 Å². The molecule has 0 aromatic rings. The van der Waals surface area contributed by atoms with Crippen molar-refractivity contribution >= 4 is 8.72 Å². The summed E-state index contributed by atoms with van der Waals surface area (Å²) < 4.78 is 9.93. The lowest BCUT2D eigenvalue weighted by molar-refractivity contribution is 0.379. The first-order valence-electron chi connectivity index (χ1n) is 3.98. The van der Waals surface area contributed by atoms with Crippen LogP contribution in [0.5, 0.6) is 0 Å². The molecule has 0 unspecified atom stereocenters. The highest BCUT2D eigenvalue weighted by atomic mass is 28.4. The van der Waals surface area contributed by atoms with Crippen molar-refractivity contribution in [1.29, 1.82) is 0 Å². The van der Waals surface area contributed by atoms with E-state index in [4.69, 9.17) is 5.53 Å². The molecule has 0 rings (SSSR count). The van der Waals surface area contributed by atoms with E-state index in [1.54, 1.807) is 0 Å². The first kappa shape index (κ1) is 12.4. The minimum Gasteiger partial charge on any atom is -0.301 e. The maximum Gasteiger partial charge on any atom is 0.382 e. The van der Waals surface area contributed by atoms with Gasteiger partial charge in [0.05, 0.1) is 0 Å². The molecule has 76 valence electrons. The molecule has 0 aliphatic carbocycles. The average Bonchev–Trinajstić information content (AvgIpc) is 1.97. The third-order valence-corrected chi connectivity index (χ3v) is 5.94. The Bertz CT molecular complexity index is 185. The summed E-state index contributed by atoms with van der Waals surface area (Å²) in [6.45, 7) is 0. The quantitative estimate of drug-likeness (QED) is 0.287. The monoisotopic (exact) mass is 202 g/mol. The Labute approximate surface area is 80.7 Å². The van der Waals surface area contributed by atoms with E-state index in [0.29, 0.717) is 0 Å². The Morgan fingerprint density at radius 3 is 1.31 bits per heavy atom. The smallest absolute Gasteiger partial charge is 0.301 e. The van der Waals surface area contributed by atoms with Gasteiger partial charge in [0.15, 0.2) is 0 Å². The Hall–Kier alpha value is -0.593. The molecular formula is C6H18N6Si. The number of azide groups is 1. The highest BCUT2D eigenvalue weighted by Gasteiger charge is 2.42. The Kier molecular flexibility index (Phi) is 4.38. The summed E-state index contributed by atoms with van der Waals surface area (Å²) in [4.78, 5) is 2.93. The second-order valence-electron chi connectivity index (χ2n) is 3.47. The van der Waals surface area contributed by atoms with E-state index in [0.717, 1.165) is 0 Å². The van der Waals surface area contributed by atoms with Gasteiger partial charge in [0.2, 0.25) is 0 Å². The van der Waals surface area contributed by atoms with Crippen LogP contribution in [0.2, 0.25) is 0 Å². The third-order valence-electron chi connectivity index (χ3n) is 1.98. The number of hydrogen-bond acceptors (Lipinski definition) is 4. The number of nitrogens with zero attached hydrogens (tertiary/aromatic N) is 6. The largest absolute Gasteiger partial charge is 0.382 e. The van der Waals surface area contributed by atoms with Gasteiger partial charge >= 0.3 is 8.72 Å². The van der Waals surface area contributed by atoms with Gasteiger partial charge in [-0.3, -0.25) is 0 Å². The minimum absolute atomic E-state index is 1.93. The van der Waals surface area contributed by atoms with E-state index in [2.05, 4.69) is 9.69 Å². The van der Waals surface area contributed by atoms with Gasteiger partial charge < -0.3 is 13.7 Å².